The minimum absolute atomic E-state index is 0.0592. The molecule has 1 aromatic rings. The van der Waals surface area contributed by atoms with Gasteiger partial charge >= 0.3 is 0 Å². The van der Waals surface area contributed by atoms with Gasteiger partial charge in [-0.1, -0.05) is 6.58 Å². The van der Waals surface area contributed by atoms with Crippen LogP contribution in [0.3, 0.4) is 0 Å². The average molecular weight is 426 g/mol. The van der Waals surface area contributed by atoms with Crippen molar-refractivity contribution in [2.75, 3.05) is 19.8 Å². The van der Waals surface area contributed by atoms with Crippen molar-refractivity contribution in [3.8, 4) is 11.5 Å². The summed E-state index contributed by atoms with van der Waals surface area (Å²) in [5.41, 5.74) is 0.0724. The minimum Gasteiger partial charge on any atom is -0.508 e. The molecule has 166 valence electrons. The molecule has 0 amide bonds. The molecule has 1 saturated heterocycles. The highest BCUT2D eigenvalue weighted by Crippen LogP contribution is 2.26. The van der Waals surface area contributed by atoms with E-state index in [2.05, 4.69) is 6.58 Å². The van der Waals surface area contributed by atoms with Gasteiger partial charge in [-0.25, -0.2) is 0 Å². The molecule has 2 rings (SSSR count). The van der Waals surface area contributed by atoms with E-state index in [1.165, 1.54) is 12.1 Å². The van der Waals surface area contributed by atoms with E-state index in [1.807, 2.05) is 0 Å². The maximum absolute atomic E-state index is 12.5. The largest absolute Gasteiger partial charge is 0.508 e. The molecule has 0 saturated carbocycles. The van der Waals surface area contributed by atoms with Gasteiger partial charge in [0, 0.05) is 18.1 Å². The van der Waals surface area contributed by atoms with Crippen molar-refractivity contribution in [2.45, 2.75) is 36.9 Å². The van der Waals surface area contributed by atoms with Crippen molar-refractivity contribution < 1.29 is 50.0 Å². The van der Waals surface area contributed by atoms with E-state index in [0.29, 0.717) is 0 Å². The van der Waals surface area contributed by atoms with Crippen LogP contribution in [0.1, 0.15) is 16.8 Å². The Morgan fingerprint density at radius 2 is 1.80 bits per heavy atom. The number of aromatic hydroxyl groups is 2. The van der Waals surface area contributed by atoms with Crippen molar-refractivity contribution in [3.05, 3.63) is 47.7 Å². The third-order valence-corrected chi connectivity index (χ3v) is 4.76. The summed E-state index contributed by atoms with van der Waals surface area (Å²) in [5.74, 6) is -1.49. The highest BCUT2D eigenvalue weighted by molar-refractivity contribution is 6.00. The molecule has 1 aliphatic heterocycles. The predicted molar refractivity (Wildman–Crippen MR) is 103 cm³/mol. The molecule has 1 heterocycles. The quantitative estimate of drug-likeness (QED) is 0.155. The topological polar surface area (TPSA) is 177 Å². The molecule has 1 aliphatic rings. The summed E-state index contributed by atoms with van der Waals surface area (Å²) in [6.07, 6.45) is -5.87. The van der Waals surface area contributed by atoms with Crippen LogP contribution in [-0.4, -0.2) is 91.9 Å². The zero-order valence-electron chi connectivity index (χ0n) is 16.1. The lowest BCUT2D eigenvalue weighted by atomic mass is 9.95. The summed E-state index contributed by atoms with van der Waals surface area (Å²) in [7, 11) is 0. The van der Waals surface area contributed by atoms with Crippen molar-refractivity contribution in [1.82, 2.24) is 0 Å². The van der Waals surface area contributed by atoms with Crippen LogP contribution in [0.15, 0.2) is 42.2 Å². The highest BCUT2D eigenvalue weighted by atomic mass is 16.6. The second-order valence-corrected chi connectivity index (χ2v) is 6.88. The molecule has 0 bridgehead atoms. The van der Waals surface area contributed by atoms with Gasteiger partial charge in [0.1, 0.15) is 47.8 Å². The Morgan fingerprint density at radius 1 is 1.13 bits per heavy atom. The van der Waals surface area contributed by atoms with Gasteiger partial charge in [0.25, 0.3) is 0 Å². The number of aliphatic hydroxyl groups excluding tert-OH is 5. The zero-order chi connectivity index (χ0) is 22.4. The van der Waals surface area contributed by atoms with Crippen molar-refractivity contribution in [2.24, 2.45) is 0 Å². The normalized spacial score (nSPS) is 27.4. The fourth-order valence-corrected chi connectivity index (χ4v) is 3.02. The van der Waals surface area contributed by atoms with Gasteiger partial charge in [-0.3, -0.25) is 4.79 Å². The Bertz CT molecular complexity index is 788. The summed E-state index contributed by atoms with van der Waals surface area (Å²) in [5, 5.41) is 68.0. The number of hydrogen-bond donors (Lipinski definition) is 7. The van der Waals surface area contributed by atoms with Crippen LogP contribution in [0.25, 0.3) is 0 Å². The Morgan fingerprint density at radius 3 is 2.40 bits per heavy atom. The first-order valence-electron chi connectivity index (χ1n) is 9.16. The maximum Gasteiger partial charge on any atom is 0.170 e. The first-order valence-corrected chi connectivity index (χ1v) is 9.16. The summed E-state index contributed by atoms with van der Waals surface area (Å²) in [6, 6.07) is 3.49. The average Bonchev–Trinajstić information content (AvgIpc) is 2.72. The van der Waals surface area contributed by atoms with E-state index in [0.717, 1.165) is 12.1 Å². The van der Waals surface area contributed by atoms with Crippen LogP contribution in [0.2, 0.25) is 0 Å². The lowest BCUT2D eigenvalue weighted by Crippen LogP contribution is -2.59. The monoisotopic (exact) mass is 426 g/mol. The second kappa shape index (κ2) is 10.5. The Kier molecular flexibility index (Phi) is 8.35. The van der Waals surface area contributed by atoms with Gasteiger partial charge < -0.3 is 45.2 Å². The molecule has 10 heteroatoms. The van der Waals surface area contributed by atoms with Crippen LogP contribution in [0, 0.1) is 0 Å². The molecule has 7 N–H and O–H groups in total. The van der Waals surface area contributed by atoms with Crippen molar-refractivity contribution in [3.63, 3.8) is 0 Å². The van der Waals surface area contributed by atoms with Gasteiger partial charge in [0.2, 0.25) is 0 Å². The fourth-order valence-electron chi connectivity index (χ4n) is 3.02. The van der Waals surface area contributed by atoms with Gasteiger partial charge in [0.05, 0.1) is 25.4 Å². The van der Waals surface area contributed by atoms with Crippen LogP contribution in [0.4, 0.5) is 0 Å². The van der Waals surface area contributed by atoms with Gasteiger partial charge in [-0.05, 0) is 18.2 Å². The Balaban J connectivity index is 2.02. The number of ketones is 1. The molecule has 10 nitrogen and oxygen atoms in total. The number of ether oxygens (including phenoxy) is 2. The van der Waals surface area contributed by atoms with Crippen molar-refractivity contribution >= 4 is 5.78 Å². The molecular weight excluding hydrogens is 400 g/mol. The SMILES string of the molecule is C=C/C(O)=C(/COCC1OC(CO)[C@@H](O)C(O)C1O)CC(=O)c1ccc(O)cc1O. The number of rotatable bonds is 9. The van der Waals surface area contributed by atoms with Crippen molar-refractivity contribution in [1.29, 1.82) is 0 Å². The molecule has 1 fully saturated rings. The summed E-state index contributed by atoms with van der Waals surface area (Å²) >= 11 is 0. The summed E-state index contributed by atoms with van der Waals surface area (Å²) in [6.45, 7) is 2.32. The lowest BCUT2D eigenvalue weighted by molar-refractivity contribution is -0.238. The summed E-state index contributed by atoms with van der Waals surface area (Å²) in [4.78, 5) is 12.5. The number of aliphatic hydroxyl groups is 5. The fraction of sp³-hybridized carbons (Fsp3) is 0.450. The number of phenols is 2. The van der Waals surface area contributed by atoms with Crippen LogP contribution in [0.5, 0.6) is 11.5 Å². The molecular formula is C20H26O10. The predicted octanol–water partition coefficient (Wildman–Crippen LogP) is -0.472. The Hall–Kier alpha value is -2.47. The Labute approximate surface area is 172 Å². The van der Waals surface area contributed by atoms with E-state index < -0.39 is 48.7 Å². The lowest BCUT2D eigenvalue weighted by Gasteiger charge is -2.39. The van der Waals surface area contributed by atoms with E-state index in [9.17, 15) is 40.5 Å². The third-order valence-electron chi connectivity index (χ3n) is 4.76. The molecule has 4 unspecified atom stereocenters. The number of phenolic OH excluding ortho intramolecular Hbond substituents is 2. The maximum atomic E-state index is 12.5. The number of hydrogen-bond acceptors (Lipinski definition) is 10. The molecule has 1 aromatic carbocycles. The second-order valence-electron chi connectivity index (χ2n) is 6.88. The van der Waals surface area contributed by atoms with Crippen LogP contribution >= 0.6 is 0 Å². The van der Waals surface area contributed by atoms with E-state index in [-0.39, 0.29) is 42.3 Å². The standard InChI is InChI=1S/C20H26O10/c1-2-13(23)10(5-14(24)12-4-3-11(22)6-15(12)25)8-29-9-17-19(27)20(28)18(26)16(7-21)30-17/h2-4,6,16-23,25-28H,1,5,7-9H2/b13-10-/t16?,17?,18-,19?,20?/m1/s1. The van der Waals surface area contributed by atoms with Gasteiger partial charge in [-0.15, -0.1) is 0 Å². The van der Waals surface area contributed by atoms with Crippen LogP contribution in [-0.2, 0) is 9.47 Å². The third kappa shape index (κ3) is 5.57. The van der Waals surface area contributed by atoms with Gasteiger partial charge in [-0.2, -0.15) is 0 Å². The van der Waals surface area contributed by atoms with E-state index in [1.54, 1.807) is 0 Å². The number of allylic oxidation sites excluding steroid dienone is 1. The van der Waals surface area contributed by atoms with E-state index >= 15 is 0 Å². The molecule has 30 heavy (non-hydrogen) atoms. The first kappa shape index (κ1) is 23.8. The van der Waals surface area contributed by atoms with Gasteiger partial charge in [0.15, 0.2) is 5.78 Å². The van der Waals surface area contributed by atoms with Crippen LogP contribution < -0.4 is 0 Å². The first-order chi connectivity index (χ1) is 14.2. The zero-order valence-corrected chi connectivity index (χ0v) is 16.1. The smallest absolute Gasteiger partial charge is 0.170 e. The van der Waals surface area contributed by atoms with E-state index in [4.69, 9.17) is 9.47 Å². The molecule has 0 spiro atoms. The number of benzene rings is 1. The highest BCUT2D eigenvalue weighted by Gasteiger charge is 2.43. The molecule has 0 aliphatic carbocycles. The number of Topliss-reactive ketones (excluding diaryl/α,β-unsaturated/α-hetero) is 1. The summed E-state index contributed by atoms with van der Waals surface area (Å²) < 4.78 is 10.7. The number of carbonyl (C=O) groups is 1. The number of carbonyl (C=O) groups excluding carboxylic acids is 1. The molecule has 5 atom stereocenters. The molecule has 0 aromatic heterocycles. The minimum atomic E-state index is -1.54. The molecule has 0 radical (unpaired) electrons.